The van der Waals surface area contributed by atoms with Gasteiger partial charge in [0.05, 0.1) is 120 Å². The van der Waals surface area contributed by atoms with Gasteiger partial charge in [-0.2, -0.15) is 0 Å². The molecule has 574 valence electrons. The standard InChI is InChI=1S/C64H123N15O20/c1-48(78-89)63(3,4)74-42-50(43-75-64(5,6)49(2)79-90)76-54(80)21-15-22-55(81)77-53(62(88)73-25-14-10-19-52(68-8)61(66)87)20-11-13-24-70-57(83)45-97-39-35-95-37-41-99-47-59(85)72-27-17-29-92-31-33-93-32-30-91-28-16-26-71-58(84)46-98-40-36-94-34-38-96-44-56(82)69-23-12-9-18-51(67-7)60(65)86/h50-53,67-68,74-75,89-90H,9-47H2,1-8H3,(H2,65,86)(H2,66,87)(H,69,82)(H,70,83)(H,71,84)(H,72,85)(H,73,88)(H,76,80)(H,77,81)/b78-48+,79-49+/t51-,52-,53-/m0/s1. The number of unbranched alkanes of at least 4 members (excludes halogenated alkanes) is 3. The Morgan fingerprint density at radius 3 is 0.990 bits per heavy atom. The van der Waals surface area contributed by atoms with Gasteiger partial charge in [-0.3, -0.25) is 43.2 Å². The van der Waals surface area contributed by atoms with Crippen LogP contribution < -0.4 is 70.0 Å². The molecule has 0 aliphatic heterocycles. The number of hydrogen-bond donors (Lipinski definition) is 15. The van der Waals surface area contributed by atoms with Gasteiger partial charge in [0.25, 0.3) is 0 Å². The fraction of sp³-hybridized carbons (Fsp3) is 0.828. The van der Waals surface area contributed by atoms with Crippen LogP contribution in [0.15, 0.2) is 10.3 Å². The predicted molar refractivity (Wildman–Crippen MR) is 369 cm³/mol. The summed E-state index contributed by atoms with van der Waals surface area (Å²) in [6, 6.07) is -2.20. The molecule has 0 rings (SSSR count). The fourth-order valence-corrected chi connectivity index (χ4v) is 8.64. The van der Waals surface area contributed by atoms with Crippen molar-refractivity contribution < 1.29 is 96.2 Å². The summed E-state index contributed by atoms with van der Waals surface area (Å²) < 4.78 is 48.9. The second kappa shape index (κ2) is 60.4. The van der Waals surface area contributed by atoms with Crippen LogP contribution in [0.1, 0.15) is 131 Å². The molecule has 0 spiro atoms. The van der Waals surface area contributed by atoms with E-state index in [1.54, 1.807) is 27.9 Å². The number of likely N-dealkylation sites (N-methyl/N-ethyl adjacent to an activating group) is 2. The number of hydrogen-bond acceptors (Lipinski definition) is 26. The molecule has 35 nitrogen and oxygen atoms in total. The molecule has 0 fully saturated rings. The van der Waals surface area contributed by atoms with E-state index in [-0.39, 0.29) is 160 Å². The Morgan fingerprint density at radius 1 is 0.374 bits per heavy atom. The lowest BCUT2D eigenvalue weighted by molar-refractivity contribution is -0.129. The predicted octanol–water partition coefficient (Wildman–Crippen LogP) is -2.27. The summed E-state index contributed by atoms with van der Waals surface area (Å²) in [5.41, 5.74) is 10.2. The van der Waals surface area contributed by atoms with Gasteiger partial charge in [-0.05, 0) is 133 Å². The van der Waals surface area contributed by atoms with Gasteiger partial charge in [0, 0.05) is 71.9 Å². The molecule has 99 heavy (non-hydrogen) atoms. The van der Waals surface area contributed by atoms with Crippen LogP contribution in [0.25, 0.3) is 0 Å². The molecular formula is C64H123N15O20. The summed E-state index contributed by atoms with van der Waals surface area (Å²) in [5.74, 6) is -3.08. The third-order valence-electron chi connectivity index (χ3n) is 15.3. The Labute approximate surface area is 584 Å². The van der Waals surface area contributed by atoms with Crippen LogP contribution in [0.3, 0.4) is 0 Å². The van der Waals surface area contributed by atoms with E-state index in [0.29, 0.717) is 135 Å². The summed E-state index contributed by atoms with van der Waals surface area (Å²) in [4.78, 5) is 111. The number of rotatable bonds is 68. The van der Waals surface area contributed by atoms with Gasteiger partial charge in [0.15, 0.2) is 0 Å². The van der Waals surface area contributed by atoms with Crippen molar-refractivity contribution in [2.45, 2.75) is 167 Å². The minimum atomic E-state index is -0.888. The van der Waals surface area contributed by atoms with Gasteiger partial charge in [0.2, 0.25) is 53.2 Å². The summed E-state index contributed by atoms with van der Waals surface area (Å²) in [6.45, 7) is 16.8. The molecule has 35 heteroatoms. The lowest BCUT2D eigenvalue weighted by atomic mass is 9.98. The molecule has 3 atom stereocenters. The minimum Gasteiger partial charge on any atom is -0.411 e. The van der Waals surface area contributed by atoms with E-state index in [0.717, 1.165) is 12.8 Å². The molecule has 0 aliphatic rings. The first kappa shape index (κ1) is 92.6. The van der Waals surface area contributed by atoms with Gasteiger partial charge in [-0.15, -0.1) is 0 Å². The molecule has 0 radical (unpaired) electrons. The van der Waals surface area contributed by atoms with Gasteiger partial charge in [-0.25, -0.2) is 0 Å². The fourth-order valence-electron chi connectivity index (χ4n) is 8.64. The average molecular weight is 1420 g/mol. The van der Waals surface area contributed by atoms with Gasteiger partial charge < -0.3 is 123 Å². The zero-order valence-electron chi connectivity index (χ0n) is 60.2. The first-order valence-corrected chi connectivity index (χ1v) is 34.4. The summed E-state index contributed by atoms with van der Waals surface area (Å²) in [5, 5.41) is 57.3. The number of oxime groups is 2. The third kappa shape index (κ3) is 53.2. The van der Waals surface area contributed by atoms with E-state index in [2.05, 4.69) is 68.8 Å². The van der Waals surface area contributed by atoms with Crippen molar-refractivity contribution >= 4 is 64.6 Å². The highest BCUT2D eigenvalue weighted by Crippen LogP contribution is 2.10. The first-order chi connectivity index (χ1) is 47.4. The number of ether oxygens (including phenoxy) is 9. The highest BCUT2D eigenvalue weighted by molar-refractivity contribution is 5.91. The molecule has 0 aromatic heterocycles. The van der Waals surface area contributed by atoms with Gasteiger partial charge in [0.1, 0.15) is 32.5 Å². The van der Waals surface area contributed by atoms with Crippen molar-refractivity contribution in [3.05, 3.63) is 0 Å². The molecule has 0 aliphatic carbocycles. The van der Waals surface area contributed by atoms with Crippen LogP contribution in [0.5, 0.6) is 0 Å². The molecule has 0 aromatic carbocycles. The van der Waals surface area contributed by atoms with Crippen LogP contribution >= 0.6 is 0 Å². The molecule has 9 amide bonds. The maximum atomic E-state index is 13.4. The molecule has 0 heterocycles. The molecule has 0 aromatic rings. The second-order valence-corrected chi connectivity index (χ2v) is 24.3. The zero-order chi connectivity index (χ0) is 73.8. The maximum absolute atomic E-state index is 13.4. The third-order valence-corrected chi connectivity index (χ3v) is 15.3. The smallest absolute Gasteiger partial charge is 0.246 e. The number of nitrogens with one attached hydrogen (secondary N) is 11. The van der Waals surface area contributed by atoms with E-state index < -0.39 is 46.9 Å². The van der Waals surface area contributed by atoms with Gasteiger partial charge in [-0.1, -0.05) is 10.3 Å². The van der Waals surface area contributed by atoms with Crippen molar-refractivity contribution in [1.29, 1.82) is 0 Å². The summed E-state index contributed by atoms with van der Waals surface area (Å²) >= 11 is 0. The number of carbonyl (C=O) groups is 9. The topological polar surface area (TPSA) is 486 Å². The monoisotopic (exact) mass is 1420 g/mol. The number of nitrogens with two attached hydrogens (primary N) is 2. The second-order valence-electron chi connectivity index (χ2n) is 24.3. The number of nitrogens with zero attached hydrogens (tertiary/aromatic N) is 2. The van der Waals surface area contributed by atoms with Crippen LogP contribution in [-0.4, -0.2) is 289 Å². The van der Waals surface area contributed by atoms with E-state index in [4.69, 9.17) is 54.1 Å². The quantitative estimate of drug-likeness (QED) is 0.0132. The Balaban J connectivity index is 4.21. The van der Waals surface area contributed by atoms with Gasteiger partial charge >= 0.3 is 0 Å². The van der Waals surface area contributed by atoms with Crippen molar-refractivity contribution in [3.63, 3.8) is 0 Å². The van der Waals surface area contributed by atoms with E-state index in [1.165, 1.54) is 0 Å². The zero-order valence-corrected chi connectivity index (χ0v) is 60.2. The van der Waals surface area contributed by atoms with Crippen molar-refractivity contribution in [2.75, 3.05) is 179 Å². The van der Waals surface area contributed by atoms with Crippen molar-refractivity contribution in [1.82, 2.24) is 58.5 Å². The first-order valence-electron chi connectivity index (χ1n) is 34.4. The normalized spacial score (nSPS) is 12.9. The molecular weight excluding hydrogens is 1300 g/mol. The van der Waals surface area contributed by atoms with Crippen LogP contribution in [-0.2, 0) is 85.8 Å². The number of primary amides is 2. The average Bonchev–Trinajstić information content (AvgIpc) is 0.939. The van der Waals surface area contributed by atoms with Crippen LogP contribution in [0.4, 0.5) is 0 Å². The maximum Gasteiger partial charge on any atom is 0.246 e. The SMILES string of the molecule is CN[C@@H](CCCCNC(=O)COCCOCCOCC(=O)NCCCOCCOCCOCCCNC(=O)COCCOCCOCC(=O)NCCCC[C@H](NC(=O)CCCC(=O)NC(CNC(C)(C)/C(C)=N/O)CNC(C)(C)/C(C)=N/O)C(=O)NCCCC[C@H](NC)C(N)=O)C(N)=O. The van der Waals surface area contributed by atoms with Crippen LogP contribution in [0, 0.1) is 0 Å². The Bertz CT molecular complexity index is 2260. The largest absolute Gasteiger partial charge is 0.411 e. The number of amides is 9. The molecule has 17 N–H and O–H groups in total. The lowest BCUT2D eigenvalue weighted by Gasteiger charge is -2.32. The Morgan fingerprint density at radius 2 is 0.667 bits per heavy atom. The minimum absolute atomic E-state index is 0.0148. The summed E-state index contributed by atoms with van der Waals surface area (Å²) in [6.07, 6.45) is 6.38. The molecule has 0 saturated heterocycles. The van der Waals surface area contributed by atoms with Crippen molar-refractivity contribution in [3.8, 4) is 0 Å². The van der Waals surface area contributed by atoms with E-state index in [9.17, 15) is 53.6 Å². The highest BCUT2D eigenvalue weighted by Gasteiger charge is 2.28. The van der Waals surface area contributed by atoms with Crippen LogP contribution in [0.2, 0.25) is 0 Å². The Hall–Kier alpha value is -6.35. The van der Waals surface area contributed by atoms with E-state index >= 15 is 0 Å². The highest BCUT2D eigenvalue weighted by atomic mass is 16.6. The molecule has 0 unspecified atom stereocenters. The molecule has 0 saturated carbocycles. The van der Waals surface area contributed by atoms with E-state index in [1.807, 2.05) is 27.7 Å². The Kier molecular flexibility index (Phi) is 56.5. The number of carbonyl (C=O) groups excluding carboxylic acids is 9. The summed E-state index contributed by atoms with van der Waals surface area (Å²) in [7, 11) is 3.32. The lowest BCUT2D eigenvalue weighted by Crippen LogP contribution is -2.57. The molecule has 0 bridgehead atoms. The van der Waals surface area contributed by atoms with Crippen molar-refractivity contribution in [2.24, 2.45) is 21.8 Å².